The number of ether oxygens (including phenoxy) is 1. The van der Waals surface area contributed by atoms with Gasteiger partial charge in [0.25, 0.3) is 0 Å². The maximum absolute atomic E-state index is 11.6. The monoisotopic (exact) mass is 194 g/mol. The molecule has 0 saturated heterocycles. The number of likely N-dealkylation sites (N-methyl/N-ethyl adjacent to an activating group) is 1. The van der Waals surface area contributed by atoms with E-state index in [4.69, 9.17) is 4.74 Å². The Balaban J connectivity index is 2.79. The van der Waals surface area contributed by atoms with Gasteiger partial charge in [0.05, 0.1) is 13.7 Å². The van der Waals surface area contributed by atoms with Crippen LogP contribution in [-0.4, -0.2) is 43.4 Å². The van der Waals surface area contributed by atoms with Crippen molar-refractivity contribution in [1.29, 1.82) is 0 Å². The molecule has 1 heterocycles. The second kappa shape index (κ2) is 4.72. The minimum atomic E-state index is -0.00565. The summed E-state index contributed by atoms with van der Waals surface area (Å²) in [5, 5.41) is 0. The molecule has 0 aliphatic heterocycles. The van der Waals surface area contributed by atoms with E-state index in [1.165, 1.54) is 7.11 Å². The van der Waals surface area contributed by atoms with Crippen molar-refractivity contribution in [3.8, 4) is 5.88 Å². The van der Waals surface area contributed by atoms with Crippen molar-refractivity contribution in [3.63, 3.8) is 0 Å². The number of aromatic nitrogens is 1. The standard InChI is InChI=1S/C10H14N2O2/c1-12(2)7-9(13)8-5-4-6-10(11-8)14-3/h4-6H,7H2,1-3H3. The number of carbonyl (C=O) groups is 1. The van der Waals surface area contributed by atoms with Crippen molar-refractivity contribution in [1.82, 2.24) is 9.88 Å². The highest BCUT2D eigenvalue weighted by atomic mass is 16.5. The largest absolute Gasteiger partial charge is 0.481 e. The first-order chi connectivity index (χ1) is 6.63. The predicted octanol–water partition coefficient (Wildman–Crippen LogP) is 0.835. The van der Waals surface area contributed by atoms with Gasteiger partial charge in [-0.1, -0.05) is 6.07 Å². The van der Waals surface area contributed by atoms with Crippen LogP contribution in [0.4, 0.5) is 0 Å². The van der Waals surface area contributed by atoms with Gasteiger partial charge in [0.1, 0.15) is 5.69 Å². The van der Waals surface area contributed by atoms with E-state index >= 15 is 0 Å². The highest BCUT2D eigenvalue weighted by molar-refractivity contribution is 5.95. The van der Waals surface area contributed by atoms with Gasteiger partial charge in [0.15, 0.2) is 5.78 Å². The Hall–Kier alpha value is -1.42. The fourth-order valence-electron chi connectivity index (χ4n) is 1.05. The third kappa shape index (κ3) is 2.81. The van der Waals surface area contributed by atoms with Gasteiger partial charge in [0, 0.05) is 6.07 Å². The summed E-state index contributed by atoms with van der Waals surface area (Å²) in [6, 6.07) is 5.16. The molecule has 4 heteroatoms. The van der Waals surface area contributed by atoms with Crippen LogP contribution in [0.2, 0.25) is 0 Å². The molecule has 0 fully saturated rings. The van der Waals surface area contributed by atoms with Gasteiger partial charge in [-0.2, -0.15) is 0 Å². The zero-order valence-corrected chi connectivity index (χ0v) is 8.65. The molecule has 14 heavy (non-hydrogen) atoms. The van der Waals surface area contributed by atoms with E-state index < -0.39 is 0 Å². The smallest absolute Gasteiger partial charge is 0.213 e. The van der Waals surface area contributed by atoms with Crippen molar-refractivity contribution < 1.29 is 9.53 Å². The fraction of sp³-hybridized carbons (Fsp3) is 0.400. The van der Waals surface area contributed by atoms with Crippen LogP contribution in [0.5, 0.6) is 5.88 Å². The van der Waals surface area contributed by atoms with E-state index in [0.29, 0.717) is 18.1 Å². The first kappa shape index (κ1) is 10.7. The van der Waals surface area contributed by atoms with Crippen LogP contribution in [-0.2, 0) is 0 Å². The molecule has 0 radical (unpaired) electrons. The lowest BCUT2D eigenvalue weighted by molar-refractivity contribution is 0.0952. The third-order valence-electron chi connectivity index (χ3n) is 1.68. The molecule has 4 nitrogen and oxygen atoms in total. The normalized spacial score (nSPS) is 10.3. The maximum Gasteiger partial charge on any atom is 0.213 e. The molecule has 0 saturated carbocycles. The Morgan fingerprint density at radius 3 is 2.79 bits per heavy atom. The summed E-state index contributed by atoms with van der Waals surface area (Å²) in [5.41, 5.74) is 0.443. The second-order valence-corrected chi connectivity index (χ2v) is 3.23. The van der Waals surface area contributed by atoms with Gasteiger partial charge >= 0.3 is 0 Å². The topological polar surface area (TPSA) is 42.4 Å². The number of hydrogen-bond acceptors (Lipinski definition) is 4. The summed E-state index contributed by atoms with van der Waals surface area (Å²) in [6.45, 7) is 0.361. The number of nitrogens with zero attached hydrogens (tertiary/aromatic N) is 2. The molecule has 0 aromatic carbocycles. The first-order valence-corrected chi connectivity index (χ1v) is 4.32. The summed E-state index contributed by atoms with van der Waals surface area (Å²) < 4.78 is 4.93. The van der Waals surface area contributed by atoms with E-state index in [1.54, 1.807) is 18.2 Å². The molecule has 0 bridgehead atoms. The molecule has 1 aromatic heterocycles. The number of carbonyl (C=O) groups excluding carboxylic acids is 1. The molecule has 0 aliphatic rings. The lowest BCUT2D eigenvalue weighted by Crippen LogP contribution is -2.22. The van der Waals surface area contributed by atoms with Crippen molar-refractivity contribution in [2.24, 2.45) is 0 Å². The number of rotatable bonds is 4. The van der Waals surface area contributed by atoms with Gasteiger partial charge in [-0.25, -0.2) is 4.98 Å². The van der Waals surface area contributed by atoms with Crippen LogP contribution in [0.3, 0.4) is 0 Å². The number of hydrogen-bond donors (Lipinski definition) is 0. The second-order valence-electron chi connectivity index (χ2n) is 3.23. The van der Waals surface area contributed by atoms with E-state index in [1.807, 2.05) is 19.0 Å². The van der Waals surface area contributed by atoms with Crippen LogP contribution in [0.1, 0.15) is 10.5 Å². The lowest BCUT2D eigenvalue weighted by Gasteiger charge is -2.08. The summed E-state index contributed by atoms with van der Waals surface area (Å²) in [5.74, 6) is 0.462. The van der Waals surface area contributed by atoms with Crippen LogP contribution >= 0.6 is 0 Å². The van der Waals surface area contributed by atoms with Crippen LogP contribution < -0.4 is 4.74 Å². The molecule has 0 aliphatic carbocycles. The Morgan fingerprint density at radius 2 is 2.21 bits per heavy atom. The van der Waals surface area contributed by atoms with Crippen LogP contribution in [0.15, 0.2) is 18.2 Å². The van der Waals surface area contributed by atoms with Gasteiger partial charge in [0.2, 0.25) is 5.88 Å². The van der Waals surface area contributed by atoms with Gasteiger partial charge < -0.3 is 9.64 Å². The number of ketones is 1. The molecule has 1 rings (SSSR count). The third-order valence-corrected chi connectivity index (χ3v) is 1.68. The van der Waals surface area contributed by atoms with E-state index in [9.17, 15) is 4.79 Å². The minimum absolute atomic E-state index is 0.00565. The van der Waals surface area contributed by atoms with Gasteiger partial charge in [-0.05, 0) is 20.2 Å². The van der Waals surface area contributed by atoms with Crippen molar-refractivity contribution in [3.05, 3.63) is 23.9 Å². The van der Waals surface area contributed by atoms with Crippen LogP contribution in [0.25, 0.3) is 0 Å². The van der Waals surface area contributed by atoms with Crippen molar-refractivity contribution in [2.75, 3.05) is 27.7 Å². The summed E-state index contributed by atoms with van der Waals surface area (Å²) in [6.07, 6.45) is 0. The summed E-state index contributed by atoms with van der Waals surface area (Å²) in [4.78, 5) is 17.4. The molecule has 0 N–H and O–H groups in total. The molecule has 76 valence electrons. The summed E-state index contributed by atoms with van der Waals surface area (Å²) >= 11 is 0. The van der Waals surface area contributed by atoms with E-state index in [0.717, 1.165) is 0 Å². The Kier molecular flexibility index (Phi) is 3.59. The lowest BCUT2D eigenvalue weighted by atomic mass is 10.2. The maximum atomic E-state index is 11.6. The van der Waals surface area contributed by atoms with Crippen molar-refractivity contribution in [2.45, 2.75) is 0 Å². The highest BCUT2D eigenvalue weighted by Crippen LogP contribution is 2.07. The molecular formula is C10H14N2O2. The van der Waals surface area contributed by atoms with E-state index in [2.05, 4.69) is 4.98 Å². The zero-order chi connectivity index (χ0) is 10.6. The van der Waals surface area contributed by atoms with Gasteiger partial charge in [-0.3, -0.25) is 4.79 Å². The fourth-order valence-corrected chi connectivity index (χ4v) is 1.05. The average Bonchev–Trinajstić information content (AvgIpc) is 2.17. The van der Waals surface area contributed by atoms with E-state index in [-0.39, 0.29) is 5.78 Å². The molecule has 1 aromatic rings. The Bertz CT molecular complexity index is 324. The highest BCUT2D eigenvalue weighted by Gasteiger charge is 2.08. The number of pyridine rings is 1. The Labute approximate surface area is 83.5 Å². The quantitative estimate of drug-likeness (QED) is 0.666. The number of Topliss-reactive ketones (excluding diaryl/α,β-unsaturated/α-hetero) is 1. The predicted molar refractivity (Wildman–Crippen MR) is 53.7 cm³/mol. The summed E-state index contributed by atoms with van der Waals surface area (Å²) in [7, 11) is 5.22. The molecule has 0 atom stereocenters. The average molecular weight is 194 g/mol. The SMILES string of the molecule is COc1cccc(C(=O)CN(C)C)n1. The molecule has 0 amide bonds. The first-order valence-electron chi connectivity index (χ1n) is 4.32. The minimum Gasteiger partial charge on any atom is -0.481 e. The van der Waals surface area contributed by atoms with Gasteiger partial charge in [-0.15, -0.1) is 0 Å². The van der Waals surface area contributed by atoms with Crippen LogP contribution in [0, 0.1) is 0 Å². The van der Waals surface area contributed by atoms with Crippen molar-refractivity contribution >= 4 is 5.78 Å². The zero-order valence-electron chi connectivity index (χ0n) is 8.65. The molecule has 0 unspecified atom stereocenters. The Morgan fingerprint density at radius 1 is 1.50 bits per heavy atom. The number of methoxy groups -OCH3 is 1. The molecular weight excluding hydrogens is 180 g/mol. The molecule has 0 spiro atoms.